The highest BCUT2D eigenvalue weighted by Gasteiger charge is 2.01. The Morgan fingerprint density at radius 3 is 2.72 bits per heavy atom. The Morgan fingerprint density at radius 2 is 2.06 bits per heavy atom. The summed E-state index contributed by atoms with van der Waals surface area (Å²) in [6, 6.07) is 1.80. The summed E-state index contributed by atoms with van der Waals surface area (Å²) < 4.78 is 10.6. The molecule has 1 N–H and O–H groups in total. The lowest BCUT2D eigenvalue weighted by atomic mass is 10.1. The molecule has 0 atom stereocenters. The summed E-state index contributed by atoms with van der Waals surface area (Å²) >= 11 is 0. The summed E-state index contributed by atoms with van der Waals surface area (Å²) in [5, 5.41) is 3.12. The fourth-order valence-electron chi connectivity index (χ4n) is 1.38. The van der Waals surface area contributed by atoms with Crippen molar-refractivity contribution >= 4 is 5.95 Å². The first-order valence-electron chi connectivity index (χ1n) is 6.33. The Bertz CT molecular complexity index is 356. The van der Waals surface area contributed by atoms with E-state index in [0.717, 1.165) is 18.7 Å². The van der Waals surface area contributed by atoms with Gasteiger partial charge in [-0.25, -0.2) is 4.98 Å². The molecule has 0 spiro atoms. The van der Waals surface area contributed by atoms with Gasteiger partial charge in [-0.3, -0.25) is 0 Å². The van der Waals surface area contributed by atoms with E-state index in [4.69, 9.17) is 9.47 Å². The first kappa shape index (κ1) is 14.7. The van der Waals surface area contributed by atoms with Gasteiger partial charge in [0.05, 0.1) is 13.7 Å². The van der Waals surface area contributed by atoms with Crippen LogP contribution in [0, 0.1) is 12.8 Å². The number of nitrogens with zero attached hydrogens (tertiary/aromatic N) is 2. The van der Waals surface area contributed by atoms with Crippen molar-refractivity contribution in [1.29, 1.82) is 0 Å². The highest BCUT2D eigenvalue weighted by molar-refractivity contribution is 5.30. The molecule has 0 unspecified atom stereocenters. The second kappa shape index (κ2) is 7.87. The van der Waals surface area contributed by atoms with E-state index >= 15 is 0 Å². The quantitative estimate of drug-likeness (QED) is 0.720. The van der Waals surface area contributed by atoms with Crippen molar-refractivity contribution in [3.63, 3.8) is 0 Å². The smallest absolute Gasteiger partial charge is 0.226 e. The maximum atomic E-state index is 5.50. The molecule has 1 aromatic rings. The SMILES string of the molecule is COc1cc(C)nc(NCCOCCC(C)C)n1. The predicted molar refractivity (Wildman–Crippen MR) is 72.1 cm³/mol. The van der Waals surface area contributed by atoms with E-state index in [2.05, 4.69) is 29.1 Å². The van der Waals surface area contributed by atoms with E-state index in [1.54, 1.807) is 13.2 Å². The van der Waals surface area contributed by atoms with Gasteiger partial charge in [-0.2, -0.15) is 4.98 Å². The number of anilines is 1. The number of methoxy groups -OCH3 is 1. The van der Waals surface area contributed by atoms with Gasteiger partial charge in [0.15, 0.2) is 0 Å². The third kappa shape index (κ3) is 5.82. The molecule has 0 bridgehead atoms. The number of hydrogen-bond acceptors (Lipinski definition) is 5. The highest BCUT2D eigenvalue weighted by Crippen LogP contribution is 2.10. The predicted octanol–water partition coefficient (Wildman–Crippen LogP) is 2.27. The number of aromatic nitrogens is 2. The molecule has 0 fully saturated rings. The fraction of sp³-hybridized carbons (Fsp3) is 0.692. The van der Waals surface area contributed by atoms with Crippen molar-refractivity contribution in [3.8, 4) is 5.88 Å². The molecule has 5 heteroatoms. The first-order chi connectivity index (χ1) is 8.61. The van der Waals surface area contributed by atoms with E-state index < -0.39 is 0 Å². The minimum Gasteiger partial charge on any atom is -0.481 e. The van der Waals surface area contributed by atoms with Gasteiger partial charge in [0.1, 0.15) is 0 Å². The zero-order valence-electron chi connectivity index (χ0n) is 11.7. The van der Waals surface area contributed by atoms with Crippen LogP contribution < -0.4 is 10.1 Å². The number of aryl methyl sites for hydroxylation is 1. The number of ether oxygens (including phenoxy) is 2. The molecule has 18 heavy (non-hydrogen) atoms. The first-order valence-corrected chi connectivity index (χ1v) is 6.33. The normalized spacial score (nSPS) is 10.7. The van der Waals surface area contributed by atoms with Gasteiger partial charge in [0, 0.05) is 24.9 Å². The number of rotatable bonds is 8. The van der Waals surface area contributed by atoms with E-state index in [1.165, 1.54) is 0 Å². The average Bonchev–Trinajstić information content (AvgIpc) is 2.32. The molecule has 1 aromatic heterocycles. The Morgan fingerprint density at radius 1 is 1.28 bits per heavy atom. The van der Waals surface area contributed by atoms with Gasteiger partial charge in [0.25, 0.3) is 0 Å². The molecule has 0 saturated heterocycles. The second-order valence-corrected chi connectivity index (χ2v) is 4.60. The standard InChI is InChI=1S/C13H23N3O2/c1-10(2)5-7-18-8-6-14-13-15-11(3)9-12(16-13)17-4/h9-10H,5-8H2,1-4H3,(H,14,15,16). The van der Waals surface area contributed by atoms with Gasteiger partial charge >= 0.3 is 0 Å². The molecule has 102 valence electrons. The second-order valence-electron chi connectivity index (χ2n) is 4.60. The van der Waals surface area contributed by atoms with Crippen LogP contribution in [-0.2, 0) is 4.74 Å². The van der Waals surface area contributed by atoms with Crippen molar-refractivity contribution in [3.05, 3.63) is 11.8 Å². The van der Waals surface area contributed by atoms with Crippen LogP contribution in [0.5, 0.6) is 5.88 Å². The summed E-state index contributed by atoms with van der Waals surface area (Å²) in [5.74, 6) is 1.84. The summed E-state index contributed by atoms with van der Waals surface area (Å²) in [4.78, 5) is 8.47. The lowest BCUT2D eigenvalue weighted by molar-refractivity contribution is 0.132. The van der Waals surface area contributed by atoms with Gasteiger partial charge in [0.2, 0.25) is 11.8 Å². The Labute approximate surface area is 109 Å². The van der Waals surface area contributed by atoms with Gasteiger partial charge in [-0.15, -0.1) is 0 Å². The van der Waals surface area contributed by atoms with Crippen LogP contribution >= 0.6 is 0 Å². The molecule has 0 aliphatic carbocycles. The molecular formula is C13H23N3O2. The van der Waals surface area contributed by atoms with Crippen molar-refractivity contribution in [2.24, 2.45) is 5.92 Å². The average molecular weight is 253 g/mol. The maximum absolute atomic E-state index is 5.50. The van der Waals surface area contributed by atoms with E-state index in [0.29, 0.717) is 30.9 Å². The summed E-state index contributed by atoms with van der Waals surface area (Å²) in [6.45, 7) is 8.45. The molecule has 1 rings (SSSR count). The maximum Gasteiger partial charge on any atom is 0.226 e. The molecule has 1 heterocycles. The molecule has 5 nitrogen and oxygen atoms in total. The fourth-order valence-corrected chi connectivity index (χ4v) is 1.38. The van der Waals surface area contributed by atoms with E-state index in [-0.39, 0.29) is 0 Å². The lowest BCUT2D eigenvalue weighted by Gasteiger charge is -2.09. The molecule has 0 aliphatic heterocycles. The Balaban J connectivity index is 2.24. The van der Waals surface area contributed by atoms with Crippen molar-refractivity contribution < 1.29 is 9.47 Å². The Kier molecular flexibility index (Phi) is 6.43. The third-order valence-corrected chi connectivity index (χ3v) is 2.41. The number of nitrogens with one attached hydrogen (secondary N) is 1. The van der Waals surface area contributed by atoms with Gasteiger partial charge in [-0.05, 0) is 19.3 Å². The molecule has 0 amide bonds. The summed E-state index contributed by atoms with van der Waals surface area (Å²) in [5.41, 5.74) is 0.880. The van der Waals surface area contributed by atoms with E-state index in [9.17, 15) is 0 Å². The molecule has 0 saturated carbocycles. The van der Waals surface area contributed by atoms with Crippen LogP contribution in [-0.4, -0.2) is 36.8 Å². The zero-order chi connectivity index (χ0) is 13.4. The van der Waals surface area contributed by atoms with Crippen LogP contribution in [0.25, 0.3) is 0 Å². The summed E-state index contributed by atoms with van der Waals surface area (Å²) in [7, 11) is 1.60. The molecular weight excluding hydrogens is 230 g/mol. The minimum atomic E-state index is 0.575. The summed E-state index contributed by atoms with van der Waals surface area (Å²) in [6.07, 6.45) is 1.09. The third-order valence-electron chi connectivity index (χ3n) is 2.41. The van der Waals surface area contributed by atoms with Crippen molar-refractivity contribution in [1.82, 2.24) is 9.97 Å². The van der Waals surface area contributed by atoms with Crippen LogP contribution in [0.3, 0.4) is 0 Å². The van der Waals surface area contributed by atoms with Gasteiger partial charge in [-0.1, -0.05) is 13.8 Å². The molecule has 0 radical (unpaired) electrons. The monoisotopic (exact) mass is 253 g/mol. The van der Waals surface area contributed by atoms with E-state index in [1.807, 2.05) is 6.92 Å². The van der Waals surface area contributed by atoms with Crippen molar-refractivity contribution in [2.45, 2.75) is 27.2 Å². The van der Waals surface area contributed by atoms with Crippen LogP contribution in [0.4, 0.5) is 5.95 Å². The largest absolute Gasteiger partial charge is 0.481 e. The topological polar surface area (TPSA) is 56.3 Å². The zero-order valence-corrected chi connectivity index (χ0v) is 11.7. The van der Waals surface area contributed by atoms with Gasteiger partial charge < -0.3 is 14.8 Å². The van der Waals surface area contributed by atoms with Crippen LogP contribution in [0.1, 0.15) is 26.0 Å². The Hall–Kier alpha value is -1.36. The highest BCUT2D eigenvalue weighted by atomic mass is 16.5. The lowest BCUT2D eigenvalue weighted by Crippen LogP contribution is -2.13. The minimum absolute atomic E-state index is 0.575. The molecule has 0 aromatic carbocycles. The van der Waals surface area contributed by atoms with Crippen LogP contribution in [0.15, 0.2) is 6.07 Å². The van der Waals surface area contributed by atoms with Crippen LogP contribution in [0.2, 0.25) is 0 Å². The molecule has 0 aliphatic rings. The number of hydrogen-bond donors (Lipinski definition) is 1. The van der Waals surface area contributed by atoms with Crippen molar-refractivity contribution in [2.75, 3.05) is 32.2 Å².